The predicted octanol–water partition coefficient (Wildman–Crippen LogP) is 5.73. The van der Waals surface area contributed by atoms with Gasteiger partial charge < -0.3 is 0 Å². The molecule has 0 amide bonds. The summed E-state index contributed by atoms with van der Waals surface area (Å²) < 4.78 is 0. The van der Waals surface area contributed by atoms with Gasteiger partial charge >= 0.3 is 0 Å². The van der Waals surface area contributed by atoms with E-state index in [-0.39, 0.29) is 0 Å². The van der Waals surface area contributed by atoms with Crippen molar-refractivity contribution in [2.45, 2.75) is 19.8 Å². The molecule has 0 atom stereocenters. The van der Waals surface area contributed by atoms with E-state index in [1.165, 1.54) is 5.56 Å². The molecule has 0 aliphatic heterocycles. The van der Waals surface area contributed by atoms with Crippen LogP contribution in [0.5, 0.6) is 0 Å². The maximum Gasteiger partial charge on any atom is 0.161 e. The summed E-state index contributed by atoms with van der Waals surface area (Å²) in [6.45, 7) is 4.30. The van der Waals surface area contributed by atoms with Gasteiger partial charge in [-0.3, -0.25) is 0 Å². The third-order valence-corrected chi connectivity index (χ3v) is 3.98. The quantitative estimate of drug-likeness (QED) is 0.564. The monoisotopic (exact) mass is 316 g/mol. The molecule has 0 N–H and O–H groups in total. The summed E-state index contributed by atoms with van der Waals surface area (Å²) in [5, 5.41) is 2.06. The molecule has 1 aromatic heterocycles. The lowest BCUT2D eigenvalue weighted by Gasteiger charge is -2.09. The molecule has 0 aliphatic carbocycles. The number of fused-ring (bicyclic) bond motifs is 1. The molecule has 0 aliphatic rings. The number of rotatable bonds is 2. The lowest BCUT2D eigenvalue weighted by Crippen LogP contribution is -1.94. The second kappa shape index (κ2) is 5.63. The molecule has 3 aromatic rings. The van der Waals surface area contributed by atoms with Gasteiger partial charge in [-0.25, -0.2) is 9.97 Å². The standard InChI is InChI=1S/C17H14Cl2N2/c1-10(2)12-5-8-15-14(9-12)16(19)21-17(20-15)11-3-6-13(18)7-4-11/h3-10H,1-2H3. The summed E-state index contributed by atoms with van der Waals surface area (Å²) in [5.74, 6) is 1.06. The summed E-state index contributed by atoms with van der Waals surface area (Å²) in [6.07, 6.45) is 0. The van der Waals surface area contributed by atoms with Crippen molar-refractivity contribution in [1.82, 2.24) is 9.97 Å². The van der Waals surface area contributed by atoms with Gasteiger partial charge in [0.1, 0.15) is 5.15 Å². The lowest BCUT2D eigenvalue weighted by molar-refractivity contribution is 0.868. The van der Waals surface area contributed by atoms with Crippen LogP contribution in [-0.2, 0) is 0 Å². The second-order valence-corrected chi connectivity index (χ2v) is 6.07. The van der Waals surface area contributed by atoms with Crippen LogP contribution in [-0.4, -0.2) is 9.97 Å². The van der Waals surface area contributed by atoms with Crippen LogP contribution in [0.2, 0.25) is 10.2 Å². The Morgan fingerprint density at radius 2 is 1.62 bits per heavy atom. The van der Waals surface area contributed by atoms with Crippen LogP contribution >= 0.6 is 23.2 Å². The summed E-state index contributed by atoms with van der Waals surface area (Å²) in [4.78, 5) is 9.01. The fourth-order valence-electron chi connectivity index (χ4n) is 2.20. The van der Waals surface area contributed by atoms with Gasteiger partial charge in [0.05, 0.1) is 5.52 Å². The van der Waals surface area contributed by atoms with Crippen molar-refractivity contribution in [2.75, 3.05) is 0 Å². The molecule has 0 bridgehead atoms. The number of aromatic nitrogens is 2. The van der Waals surface area contributed by atoms with Crippen molar-refractivity contribution in [1.29, 1.82) is 0 Å². The first kappa shape index (κ1) is 14.3. The first-order chi connectivity index (χ1) is 10.0. The number of nitrogens with zero attached hydrogens (tertiary/aromatic N) is 2. The topological polar surface area (TPSA) is 25.8 Å². The molecule has 0 spiro atoms. The van der Waals surface area contributed by atoms with Gasteiger partial charge in [-0.2, -0.15) is 0 Å². The highest BCUT2D eigenvalue weighted by Crippen LogP contribution is 2.28. The summed E-state index contributed by atoms with van der Waals surface area (Å²) >= 11 is 12.2. The van der Waals surface area contributed by atoms with Crippen molar-refractivity contribution in [2.24, 2.45) is 0 Å². The van der Waals surface area contributed by atoms with Crippen LogP contribution in [0.4, 0.5) is 0 Å². The Kier molecular flexibility index (Phi) is 3.83. The Labute approximate surface area is 133 Å². The first-order valence-electron chi connectivity index (χ1n) is 6.78. The average molecular weight is 317 g/mol. The third kappa shape index (κ3) is 2.87. The zero-order valence-corrected chi connectivity index (χ0v) is 13.3. The Morgan fingerprint density at radius 3 is 2.29 bits per heavy atom. The van der Waals surface area contributed by atoms with Crippen LogP contribution in [0, 0.1) is 0 Å². The molecule has 0 saturated carbocycles. The lowest BCUT2D eigenvalue weighted by atomic mass is 10.0. The largest absolute Gasteiger partial charge is 0.228 e. The molecule has 106 valence electrons. The Hall–Kier alpha value is -1.64. The van der Waals surface area contributed by atoms with E-state index in [1.54, 1.807) is 0 Å². The highest BCUT2D eigenvalue weighted by atomic mass is 35.5. The van der Waals surface area contributed by atoms with Crippen LogP contribution in [0.3, 0.4) is 0 Å². The van der Waals surface area contributed by atoms with Crippen LogP contribution < -0.4 is 0 Å². The van der Waals surface area contributed by atoms with Crippen molar-refractivity contribution < 1.29 is 0 Å². The van der Waals surface area contributed by atoms with Crippen LogP contribution in [0.15, 0.2) is 42.5 Å². The molecule has 2 nitrogen and oxygen atoms in total. The average Bonchev–Trinajstić information content (AvgIpc) is 2.47. The minimum Gasteiger partial charge on any atom is -0.228 e. The molecule has 21 heavy (non-hydrogen) atoms. The van der Waals surface area contributed by atoms with Crippen molar-refractivity contribution in [3.05, 3.63) is 58.2 Å². The van der Waals surface area contributed by atoms with E-state index < -0.39 is 0 Å². The Morgan fingerprint density at radius 1 is 0.905 bits per heavy atom. The molecule has 4 heteroatoms. The number of benzene rings is 2. The number of hydrogen-bond donors (Lipinski definition) is 0. The highest BCUT2D eigenvalue weighted by molar-refractivity contribution is 6.34. The molecular formula is C17H14Cl2N2. The molecule has 3 rings (SSSR count). The van der Waals surface area contributed by atoms with Crippen molar-refractivity contribution in [3.8, 4) is 11.4 Å². The van der Waals surface area contributed by atoms with E-state index >= 15 is 0 Å². The second-order valence-electron chi connectivity index (χ2n) is 5.28. The number of halogens is 2. The van der Waals surface area contributed by atoms with Gasteiger partial charge in [0.15, 0.2) is 5.82 Å². The number of hydrogen-bond acceptors (Lipinski definition) is 2. The van der Waals surface area contributed by atoms with Gasteiger partial charge in [-0.15, -0.1) is 0 Å². The molecule has 1 heterocycles. The zero-order chi connectivity index (χ0) is 15.0. The summed E-state index contributed by atoms with van der Waals surface area (Å²) in [6, 6.07) is 13.6. The Balaban J connectivity index is 2.15. The predicted molar refractivity (Wildman–Crippen MR) is 89.1 cm³/mol. The van der Waals surface area contributed by atoms with E-state index in [0.717, 1.165) is 16.5 Å². The van der Waals surface area contributed by atoms with E-state index in [9.17, 15) is 0 Å². The van der Waals surface area contributed by atoms with E-state index in [2.05, 4.69) is 35.9 Å². The third-order valence-electron chi connectivity index (χ3n) is 3.44. The maximum atomic E-state index is 6.34. The molecule has 0 saturated heterocycles. The maximum absolute atomic E-state index is 6.34. The summed E-state index contributed by atoms with van der Waals surface area (Å²) in [7, 11) is 0. The smallest absolute Gasteiger partial charge is 0.161 e. The normalized spacial score (nSPS) is 11.3. The van der Waals surface area contributed by atoms with Crippen LogP contribution in [0.1, 0.15) is 25.3 Å². The molecular weight excluding hydrogens is 303 g/mol. The first-order valence-corrected chi connectivity index (χ1v) is 7.53. The van der Waals surface area contributed by atoms with Gasteiger partial charge in [0.25, 0.3) is 0 Å². The molecule has 2 aromatic carbocycles. The van der Waals surface area contributed by atoms with Crippen molar-refractivity contribution >= 4 is 34.1 Å². The Bertz CT molecular complexity index is 796. The zero-order valence-electron chi connectivity index (χ0n) is 11.8. The summed E-state index contributed by atoms with van der Waals surface area (Å²) in [5.41, 5.74) is 2.98. The SMILES string of the molecule is CC(C)c1ccc2nc(-c3ccc(Cl)cc3)nc(Cl)c2c1. The molecule has 0 fully saturated rings. The van der Waals surface area contributed by atoms with E-state index in [1.807, 2.05) is 30.3 Å². The fraction of sp³-hybridized carbons (Fsp3) is 0.176. The van der Waals surface area contributed by atoms with Crippen LogP contribution in [0.25, 0.3) is 22.3 Å². The fourth-order valence-corrected chi connectivity index (χ4v) is 2.55. The van der Waals surface area contributed by atoms with Gasteiger partial charge in [0, 0.05) is 16.0 Å². The minimum absolute atomic E-state index is 0.446. The molecule has 0 radical (unpaired) electrons. The van der Waals surface area contributed by atoms with Crippen molar-refractivity contribution in [3.63, 3.8) is 0 Å². The van der Waals surface area contributed by atoms with E-state index in [4.69, 9.17) is 23.2 Å². The van der Waals surface area contributed by atoms with Gasteiger partial charge in [-0.05, 0) is 47.9 Å². The van der Waals surface area contributed by atoms with Gasteiger partial charge in [0.2, 0.25) is 0 Å². The molecule has 0 unspecified atom stereocenters. The minimum atomic E-state index is 0.446. The van der Waals surface area contributed by atoms with Gasteiger partial charge in [-0.1, -0.05) is 43.1 Å². The van der Waals surface area contributed by atoms with E-state index in [0.29, 0.717) is 21.9 Å². The highest BCUT2D eigenvalue weighted by Gasteiger charge is 2.10.